The van der Waals surface area contributed by atoms with E-state index in [1.807, 2.05) is 0 Å². The summed E-state index contributed by atoms with van der Waals surface area (Å²) in [5.74, 6) is -1.93. The summed E-state index contributed by atoms with van der Waals surface area (Å²) in [5.41, 5.74) is 7.42. The van der Waals surface area contributed by atoms with Crippen LogP contribution in [0.25, 0.3) is 0 Å². The molecule has 2 aromatic rings. The number of phenols is 1. The number of benzene rings is 1. The number of carbonyl (C=O) groups excluding carboxylic acids is 2. The number of nitrogens with two attached hydrogens (primary N) is 1. The first-order valence-electron chi connectivity index (χ1n) is 9.69. The highest BCUT2D eigenvalue weighted by Crippen LogP contribution is 2.19. The van der Waals surface area contributed by atoms with Crippen molar-refractivity contribution in [1.29, 1.82) is 0 Å². The minimum absolute atomic E-state index is 0.112. The number of amides is 2. The summed E-state index contributed by atoms with van der Waals surface area (Å²) in [4.78, 5) is 45.4. The third-order valence-electron chi connectivity index (χ3n) is 5.14. The molecule has 1 saturated heterocycles. The van der Waals surface area contributed by atoms with Gasteiger partial charge in [-0.15, -0.1) is 0 Å². The van der Waals surface area contributed by atoms with Crippen molar-refractivity contribution in [2.24, 2.45) is 5.73 Å². The Bertz CT molecular complexity index is 884. The second kappa shape index (κ2) is 9.40. The number of hydrogen-bond donors (Lipinski definition) is 5. The van der Waals surface area contributed by atoms with E-state index in [0.29, 0.717) is 25.1 Å². The molecule has 3 rings (SSSR count). The van der Waals surface area contributed by atoms with Gasteiger partial charge in [-0.1, -0.05) is 12.1 Å². The van der Waals surface area contributed by atoms with Crippen molar-refractivity contribution in [2.45, 2.75) is 43.8 Å². The molecule has 1 aliphatic heterocycles. The second-order valence-electron chi connectivity index (χ2n) is 7.35. The van der Waals surface area contributed by atoms with Gasteiger partial charge in [0.1, 0.15) is 17.8 Å². The molecular formula is C20H25N5O5. The molecule has 10 nitrogen and oxygen atoms in total. The third kappa shape index (κ3) is 5.15. The van der Waals surface area contributed by atoms with Gasteiger partial charge < -0.3 is 31.1 Å². The van der Waals surface area contributed by atoms with Crippen LogP contribution in [0.15, 0.2) is 36.8 Å². The van der Waals surface area contributed by atoms with Crippen LogP contribution in [0.5, 0.6) is 5.75 Å². The van der Waals surface area contributed by atoms with Gasteiger partial charge in [-0.25, -0.2) is 9.78 Å². The van der Waals surface area contributed by atoms with Gasteiger partial charge in [0.25, 0.3) is 0 Å². The largest absolute Gasteiger partial charge is 0.508 e. The van der Waals surface area contributed by atoms with E-state index in [9.17, 15) is 24.6 Å². The van der Waals surface area contributed by atoms with Gasteiger partial charge >= 0.3 is 5.97 Å². The lowest BCUT2D eigenvalue weighted by atomic mass is 10.0. The first-order chi connectivity index (χ1) is 14.3. The van der Waals surface area contributed by atoms with Crippen LogP contribution in [-0.2, 0) is 27.2 Å². The fraction of sp³-hybridized carbons (Fsp3) is 0.400. The number of phenolic OH excluding ortho intramolecular Hbond substituents is 1. The quantitative estimate of drug-likeness (QED) is 0.398. The number of carbonyl (C=O) groups is 3. The summed E-state index contributed by atoms with van der Waals surface area (Å²) in [6.45, 7) is 0.324. The van der Waals surface area contributed by atoms with Gasteiger partial charge in [-0.05, 0) is 37.0 Å². The molecule has 0 spiro atoms. The number of nitrogens with one attached hydrogen (secondary N) is 2. The van der Waals surface area contributed by atoms with Gasteiger partial charge in [0.15, 0.2) is 0 Å². The van der Waals surface area contributed by atoms with Crippen molar-refractivity contribution >= 4 is 17.8 Å². The van der Waals surface area contributed by atoms with Crippen LogP contribution in [0.1, 0.15) is 24.1 Å². The number of H-pyrrole nitrogens is 1. The molecule has 1 fully saturated rings. The van der Waals surface area contributed by atoms with E-state index in [0.717, 1.165) is 5.56 Å². The number of carboxylic acid groups (broad SMARTS) is 1. The second-order valence-corrected chi connectivity index (χ2v) is 7.35. The number of hydrogen-bond acceptors (Lipinski definition) is 6. The van der Waals surface area contributed by atoms with E-state index >= 15 is 0 Å². The Morgan fingerprint density at radius 2 is 2.00 bits per heavy atom. The molecule has 0 bridgehead atoms. The number of aromatic nitrogens is 2. The molecule has 0 saturated carbocycles. The maximum absolute atomic E-state index is 13.1. The molecule has 30 heavy (non-hydrogen) atoms. The van der Waals surface area contributed by atoms with E-state index in [1.54, 1.807) is 18.3 Å². The summed E-state index contributed by atoms with van der Waals surface area (Å²) in [6, 6.07) is 3.55. The first-order valence-corrected chi connectivity index (χ1v) is 9.69. The van der Waals surface area contributed by atoms with Crippen LogP contribution in [-0.4, -0.2) is 67.5 Å². The van der Waals surface area contributed by atoms with Crippen LogP contribution >= 0.6 is 0 Å². The topological polar surface area (TPSA) is 162 Å². The lowest BCUT2D eigenvalue weighted by Gasteiger charge is -2.28. The normalized spacial score (nSPS) is 18.0. The monoisotopic (exact) mass is 415 g/mol. The standard InChI is InChI=1S/C20H25N5O5/c21-15(8-12-3-5-14(26)6-4-12)18(27)24-16(9-13-10-22-11-23-13)19(28)25-7-1-2-17(25)20(29)30/h3-6,10-11,15-17,26H,1-2,7-9,21H2,(H,22,23)(H,24,27)(H,29,30). The predicted molar refractivity (Wildman–Crippen MR) is 106 cm³/mol. The maximum atomic E-state index is 13.1. The SMILES string of the molecule is NC(Cc1ccc(O)cc1)C(=O)NC(Cc1cnc[nH]1)C(=O)N1CCCC1C(=O)O. The number of rotatable bonds is 8. The van der Waals surface area contributed by atoms with Crippen LogP contribution in [0.3, 0.4) is 0 Å². The van der Waals surface area contributed by atoms with Gasteiger partial charge in [-0.2, -0.15) is 0 Å². The Balaban J connectivity index is 1.71. The van der Waals surface area contributed by atoms with Crippen LogP contribution in [0, 0.1) is 0 Å². The zero-order valence-corrected chi connectivity index (χ0v) is 16.3. The molecule has 1 aromatic carbocycles. The van der Waals surface area contributed by atoms with E-state index in [2.05, 4.69) is 15.3 Å². The zero-order chi connectivity index (χ0) is 21.7. The molecular weight excluding hydrogens is 390 g/mol. The zero-order valence-electron chi connectivity index (χ0n) is 16.3. The lowest BCUT2D eigenvalue weighted by Crippen LogP contribution is -2.55. The van der Waals surface area contributed by atoms with Gasteiger partial charge in [0.2, 0.25) is 11.8 Å². The fourth-order valence-corrected chi connectivity index (χ4v) is 3.56. The Hall–Kier alpha value is -3.40. The highest BCUT2D eigenvalue weighted by molar-refractivity contribution is 5.92. The molecule has 6 N–H and O–H groups in total. The average Bonchev–Trinajstić information content (AvgIpc) is 3.40. The molecule has 160 valence electrons. The minimum Gasteiger partial charge on any atom is -0.508 e. The molecule has 0 radical (unpaired) electrons. The van der Waals surface area contributed by atoms with Crippen molar-refractivity contribution in [3.63, 3.8) is 0 Å². The predicted octanol–water partition coefficient (Wildman–Crippen LogP) is -0.212. The minimum atomic E-state index is -1.06. The number of aliphatic carboxylic acids is 1. The summed E-state index contributed by atoms with van der Waals surface area (Å²) < 4.78 is 0. The van der Waals surface area contributed by atoms with E-state index < -0.39 is 35.9 Å². The molecule has 10 heteroatoms. The lowest BCUT2D eigenvalue weighted by molar-refractivity contribution is -0.149. The summed E-state index contributed by atoms with van der Waals surface area (Å²) in [7, 11) is 0. The number of imidazole rings is 1. The number of nitrogens with zero attached hydrogens (tertiary/aromatic N) is 2. The van der Waals surface area contributed by atoms with Gasteiger partial charge in [0, 0.05) is 24.9 Å². The number of aromatic hydroxyl groups is 1. The van der Waals surface area contributed by atoms with E-state index in [4.69, 9.17) is 5.73 Å². The Morgan fingerprint density at radius 1 is 1.27 bits per heavy atom. The number of likely N-dealkylation sites (tertiary alicyclic amines) is 1. The summed E-state index contributed by atoms with van der Waals surface area (Å²) >= 11 is 0. The Labute approximate surface area is 173 Å². The van der Waals surface area contributed by atoms with Crippen LogP contribution in [0.4, 0.5) is 0 Å². The first kappa shape index (κ1) is 21.3. The summed E-state index contributed by atoms with van der Waals surface area (Å²) in [5, 5.41) is 21.4. The highest BCUT2D eigenvalue weighted by Gasteiger charge is 2.38. The van der Waals surface area contributed by atoms with E-state index in [1.165, 1.54) is 23.4 Å². The smallest absolute Gasteiger partial charge is 0.326 e. The molecule has 3 unspecified atom stereocenters. The van der Waals surface area contributed by atoms with Crippen molar-refractivity contribution in [1.82, 2.24) is 20.2 Å². The summed E-state index contributed by atoms with van der Waals surface area (Å²) in [6.07, 6.45) is 4.34. The Kier molecular flexibility index (Phi) is 6.68. The van der Waals surface area contributed by atoms with Crippen LogP contribution in [0.2, 0.25) is 0 Å². The Morgan fingerprint density at radius 3 is 2.63 bits per heavy atom. The molecule has 3 atom stereocenters. The van der Waals surface area contributed by atoms with Crippen molar-refractivity contribution in [3.8, 4) is 5.75 Å². The van der Waals surface area contributed by atoms with Gasteiger partial charge in [0.05, 0.1) is 12.4 Å². The maximum Gasteiger partial charge on any atom is 0.326 e. The highest BCUT2D eigenvalue weighted by atomic mass is 16.4. The van der Waals surface area contributed by atoms with Crippen molar-refractivity contribution < 1.29 is 24.6 Å². The van der Waals surface area contributed by atoms with Crippen LogP contribution < -0.4 is 11.1 Å². The third-order valence-corrected chi connectivity index (χ3v) is 5.14. The fourth-order valence-electron chi connectivity index (χ4n) is 3.56. The van der Waals surface area contributed by atoms with Crippen molar-refractivity contribution in [2.75, 3.05) is 6.54 Å². The van der Waals surface area contributed by atoms with E-state index in [-0.39, 0.29) is 18.6 Å². The number of aromatic amines is 1. The molecule has 2 heterocycles. The van der Waals surface area contributed by atoms with Crippen molar-refractivity contribution in [3.05, 3.63) is 48.0 Å². The molecule has 0 aliphatic carbocycles. The molecule has 1 aliphatic rings. The molecule has 1 aromatic heterocycles. The molecule has 2 amide bonds. The van der Waals surface area contributed by atoms with Gasteiger partial charge in [-0.3, -0.25) is 9.59 Å². The average molecular weight is 415 g/mol. The number of carboxylic acids is 1.